The first-order valence-corrected chi connectivity index (χ1v) is 6.07. The second-order valence-corrected chi connectivity index (χ2v) is 5.26. The standard InChI is InChI=1S/C12H25NO2/c1-12(2,6-7-14)10-13-9-11-5-3-4-8-15-11/h11,13-14H,3-10H2,1-2H3. The molecule has 3 nitrogen and oxygen atoms in total. The molecule has 1 heterocycles. The van der Waals surface area contributed by atoms with Crippen LogP contribution in [0, 0.1) is 5.41 Å². The van der Waals surface area contributed by atoms with Gasteiger partial charge in [-0.3, -0.25) is 0 Å². The van der Waals surface area contributed by atoms with E-state index in [1.54, 1.807) is 0 Å². The molecule has 0 aliphatic carbocycles. The highest BCUT2D eigenvalue weighted by Gasteiger charge is 2.18. The molecule has 1 unspecified atom stereocenters. The Morgan fingerprint density at radius 2 is 2.20 bits per heavy atom. The molecule has 0 amide bonds. The van der Waals surface area contributed by atoms with Crippen molar-refractivity contribution in [1.82, 2.24) is 5.32 Å². The molecule has 3 heteroatoms. The van der Waals surface area contributed by atoms with Crippen molar-refractivity contribution >= 4 is 0 Å². The Bertz CT molecular complexity index is 165. The molecule has 1 aliphatic heterocycles. The van der Waals surface area contributed by atoms with E-state index in [0.717, 1.165) is 26.1 Å². The minimum absolute atomic E-state index is 0.184. The molecule has 0 aromatic heterocycles. The molecular formula is C12H25NO2. The van der Waals surface area contributed by atoms with Crippen LogP contribution in [0.3, 0.4) is 0 Å². The fraction of sp³-hybridized carbons (Fsp3) is 1.00. The van der Waals surface area contributed by atoms with Crippen LogP contribution in [-0.2, 0) is 4.74 Å². The molecule has 15 heavy (non-hydrogen) atoms. The van der Waals surface area contributed by atoms with Gasteiger partial charge in [0.15, 0.2) is 0 Å². The number of aliphatic hydroxyl groups excluding tert-OH is 1. The Balaban J connectivity index is 2.09. The molecule has 1 fully saturated rings. The SMILES string of the molecule is CC(C)(CCO)CNCC1CCCCO1. The number of ether oxygens (including phenoxy) is 1. The summed E-state index contributed by atoms with van der Waals surface area (Å²) in [5.74, 6) is 0. The predicted molar refractivity (Wildman–Crippen MR) is 61.9 cm³/mol. The van der Waals surface area contributed by atoms with Gasteiger partial charge in [-0.15, -0.1) is 0 Å². The Kier molecular flexibility index (Phi) is 5.58. The van der Waals surface area contributed by atoms with Crippen molar-refractivity contribution in [3.8, 4) is 0 Å². The summed E-state index contributed by atoms with van der Waals surface area (Å²) >= 11 is 0. The first-order valence-electron chi connectivity index (χ1n) is 6.07. The van der Waals surface area contributed by atoms with Gasteiger partial charge in [0.1, 0.15) is 0 Å². The van der Waals surface area contributed by atoms with Gasteiger partial charge in [0, 0.05) is 26.3 Å². The quantitative estimate of drug-likeness (QED) is 0.706. The molecule has 1 saturated heterocycles. The number of nitrogens with one attached hydrogen (secondary N) is 1. The molecule has 1 rings (SSSR count). The van der Waals surface area contributed by atoms with Crippen LogP contribution in [0.5, 0.6) is 0 Å². The maximum atomic E-state index is 8.90. The molecule has 0 saturated carbocycles. The smallest absolute Gasteiger partial charge is 0.0699 e. The second kappa shape index (κ2) is 6.46. The fourth-order valence-electron chi connectivity index (χ4n) is 1.93. The average molecular weight is 215 g/mol. The zero-order valence-electron chi connectivity index (χ0n) is 10.1. The number of aliphatic hydroxyl groups is 1. The molecule has 0 bridgehead atoms. The van der Waals surface area contributed by atoms with Crippen LogP contribution in [0.15, 0.2) is 0 Å². The van der Waals surface area contributed by atoms with Crippen LogP contribution < -0.4 is 5.32 Å². The summed E-state index contributed by atoms with van der Waals surface area (Å²) in [7, 11) is 0. The molecule has 1 aliphatic rings. The van der Waals surface area contributed by atoms with Gasteiger partial charge >= 0.3 is 0 Å². The fourth-order valence-corrected chi connectivity index (χ4v) is 1.93. The maximum absolute atomic E-state index is 8.90. The minimum Gasteiger partial charge on any atom is -0.396 e. The van der Waals surface area contributed by atoms with Crippen molar-refractivity contribution in [2.45, 2.75) is 45.6 Å². The van der Waals surface area contributed by atoms with Gasteiger partial charge in [0.2, 0.25) is 0 Å². The van der Waals surface area contributed by atoms with Crippen molar-refractivity contribution in [1.29, 1.82) is 0 Å². The van der Waals surface area contributed by atoms with Gasteiger partial charge in [0.05, 0.1) is 6.10 Å². The molecular weight excluding hydrogens is 190 g/mol. The summed E-state index contributed by atoms with van der Waals surface area (Å²) in [4.78, 5) is 0. The lowest BCUT2D eigenvalue weighted by Gasteiger charge is -2.27. The Morgan fingerprint density at radius 1 is 1.40 bits per heavy atom. The van der Waals surface area contributed by atoms with Crippen LogP contribution in [0.4, 0.5) is 0 Å². The van der Waals surface area contributed by atoms with E-state index in [9.17, 15) is 0 Å². The zero-order valence-corrected chi connectivity index (χ0v) is 10.1. The van der Waals surface area contributed by atoms with E-state index >= 15 is 0 Å². The van der Waals surface area contributed by atoms with Crippen LogP contribution in [-0.4, -0.2) is 37.5 Å². The van der Waals surface area contributed by atoms with Crippen LogP contribution in [0.1, 0.15) is 39.5 Å². The second-order valence-electron chi connectivity index (χ2n) is 5.26. The number of hydrogen-bond donors (Lipinski definition) is 2. The lowest BCUT2D eigenvalue weighted by molar-refractivity contribution is 0.0155. The number of rotatable bonds is 6. The highest BCUT2D eigenvalue weighted by atomic mass is 16.5. The van der Waals surface area contributed by atoms with Gasteiger partial charge in [-0.25, -0.2) is 0 Å². The Morgan fingerprint density at radius 3 is 2.80 bits per heavy atom. The third-order valence-electron chi connectivity index (χ3n) is 3.04. The van der Waals surface area contributed by atoms with E-state index in [1.807, 2.05) is 0 Å². The number of hydrogen-bond acceptors (Lipinski definition) is 3. The maximum Gasteiger partial charge on any atom is 0.0699 e. The highest BCUT2D eigenvalue weighted by molar-refractivity contribution is 4.73. The summed E-state index contributed by atoms with van der Waals surface area (Å²) < 4.78 is 5.64. The molecule has 0 spiro atoms. The first-order chi connectivity index (χ1) is 7.14. The van der Waals surface area contributed by atoms with Crippen molar-refractivity contribution in [2.75, 3.05) is 26.3 Å². The van der Waals surface area contributed by atoms with E-state index in [1.165, 1.54) is 19.3 Å². The van der Waals surface area contributed by atoms with Gasteiger partial charge < -0.3 is 15.2 Å². The highest BCUT2D eigenvalue weighted by Crippen LogP contribution is 2.18. The van der Waals surface area contributed by atoms with Crippen LogP contribution in [0.25, 0.3) is 0 Å². The minimum atomic E-state index is 0.184. The van der Waals surface area contributed by atoms with Crippen molar-refractivity contribution in [3.05, 3.63) is 0 Å². The van der Waals surface area contributed by atoms with E-state index in [0.29, 0.717) is 6.10 Å². The lowest BCUT2D eigenvalue weighted by Crippen LogP contribution is -2.37. The van der Waals surface area contributed by atoms with Crippen molar-refractivity contribution in [3.63, 3.8) is 0 Å². The van der Waals surface area contributed by atoms with E-state index in [4.69, 9.17) is 9.84 Å². The predicted octanol–water partition coefficient (Wildman–Crippen LogP) is 1.55. The summed E-state index contributed by atoms with van der Waals surface area (Å²) in [5.41, 5.74) is 0.184. The van der Waals surface area contributed by atoms with Gasteiger partial charge in [-0.1, -0.05) is 13.8 Å². The first kappa shape index (κ1) is 12.9. The van der Waals surface area contributed by atoms with Gasteiger partial charge in [-0.2, -0.15) is 0 Å². The molecule has 0 aromatic carbocycles. The topological polar surface area (TPSA) is 41.5 Å². The molecule has 0 aromatic rings. The van der Waals surface area contributed by atoms with Gasteiger partial charge in [0.25, 0.3) is 0 Å². The summed E-state index contributed by atoms with van der Waals surface area (Å²) in [6.07, 6.45) is 4.96. The lowest BCUT2D eigenvalue weighted by atomic mass is 9.89. The third-order valence-corrected chi connectivity index (χ3v) is 3.04. The van der Waals surface area contributed by atoms with E-state index in [-0.39, 0.29) is 12.0 Å². The normalized spacial score (nSPS) is 23.0. The molecule has 1 atom stereocenters. The third kappa shape index (κ3) is 5.50. The average Bonchev–Trinajstić information content (AvgIpc) is 2.19. The van der Waals surface area contributed by atoms with E-state index in [2.05, 4.69) is 19.2 Å². The molecule has 2 N–H and O–H groups in total. The Labute approximate surface area is 93.2 Å². The van der Waals surface area contributed by atoms with Crippen LogP contribution in [0.2, 0.25) is 0 Å². The Hall–Kier alpha value is -0.120. The van der Waals surface area contributed by atoms with Crippen molar-refractivity contribution in [2.24, 2.45) is 5.41 Å². The van der Waals surface area contributed by atoms with Gasteiger partial charge in [-0.05, 0) is 31.1 Å². The molecule has 0 radical (unpaired) electrons. The largest absolute Gasteiger partial charge is 0.396 e. The van der Waals surface area contributed by atoms with Crippen LogP contribution >= 0.6 is 0 Å². The summed E-state index contributed by atoms with van der Waals surface area (Å²) in [6, 6.07) is 0. The summed E-state index contributed by atoms with van der Waals surface area (Å²) in [6.45, 7) is 7.46. The summed E-state index contributed by atoms with van der Waals surface area (Å²) in [5, 5.41) is 12.3. The van der Waals surface area contributed by atoms with E-state index < -0.39 is 0 Å². The zero-order chi connectivity index (χ0) is 11.1. The van der Waals surface area contributed by atoms with Crippen molar-refractivity contribution < 1.29 is 9.84 Å². The molecule has 90 valence electrons. The monoisotopic (exact) mass is 215 g/mol.